The van der Waals surface area contributed by atoms with Crippen molar-refractivity contribution in [3.8, 4) is 0 Å². The first-order valence-electron chi connectivity index (χ1n) is 9.89. The molecule has 1 amide bonds. The molecule has 0 aliphatic carbocycles. The summed E-state index contributed by atoms with van der Waals surface area (Å²) in [6.07, 6.45) is 4.10. The number of nitrogens with zero attached hydrogens (tertiary/aromatic N) is 3. The second-order valence-electron chi connectivity index (χ2n) is 7.55. The van der Waals surface area contributed by atoms with Gasteiger partial charge in [0.2, 0.25) is 0 Å². The van der Waals surface area contributed by atoms with Crippen LogP contribution < -0.4 is 15.5 Å². The third-order valence-electron chi connectivity index (χ3n) is 5.17. The molecule has 0 unspecified atom stereocenters. The number of aromatic nitrogens is 2. The van der Waals surface area contributed by atoms with Crippen molar-refractivity contribution in [1.29, 1.82) is 0 Å². The maximum atomic E-state index is 12.4. The Morgan fingerprint density at radius 3 is 2.55 bits per heavy atom. The van der Waals surface area contributed by atoms with E-state index in [-0.39, 0.29) is 5.91 Å². The lowest BCUT2D eigenvalue weighted by atomic mass is 9.99. The highest BCUT2D eigenvalue weighted by Gasteiger charge is 2.16. The first-order chi connectivity index (χ1) is 14.1. The summed E-state index contributed by atoms with van der Waals surface area (Å²) in [5.74, 6) is 1.48. The Bertz CT molecular complexity index is 975. The summed E-state index contributed by atoms with van der Waals surface area (Å²) in [5.41, 5.74) is 3.31. The maximum Gasteiger partial charge on any atom is 0.275 e. The highest BCUT2D eigenvalue weighted by Crippen LogP contribution is 2.25. The zero-order valence-corrected chi connectivity index (χ0v) is 16.7. The molecule has 1 aliphatic heterocycles. The number of pyridine rings is 1. The van der Waals surface area contributed by atoms with Gasteiger partial charge in [0.1, 0.15) is 11.5 Å². The standard InChI is InChI=1S/C22H25N5O2/c1-15-8-11-27(12-9-15)19-5-3-17(4-6-19)24-18-7-10-23-20(14-18)22(28)25-21-13-16(2)29-26-21/h3-7,10,13-15H,8-9,11-12H2,1-2H3,(H,23,24)(H,25,26,28). The molecule has 4 rings (SSSR count). The van der Waals surface area contributed by atoms with Gasteiger partial charge in [-0.1, -0.05) is 12.1 Å². The number of carbonyl (C=O) groups excluding carboxylic acids is 1. The van der Waals surface area contributed by atoms with E-state index in [0.29, 0.717) is 17.3 Å². The number of hydrogen-bond acceptors (Lipinski definition) is 6. The van der Waals surface area contributed by atoms with Crippen LogP contribution in [0, 0.1) is 12.8 Å². The van der Waals surface area contributed by atoms with Crippen LogP contribution in [0.4, 0.5) is 22.9 Å². The lowest BCUT2D eigenvalue weighted by molar-refractivity contribution is 0.102. The maximum absolute atomic E-state index is 12.4. The Balaban J connectivity index is 1.40. The van der Waals surface area contributed by atoms with E-state index in [2.05, 4.69) is 56.9 Å². The Morgan fingerprint density at radius 1 is 1.10 bits per heavy atom. The normalized spacial score (nSPS) is 14.6. The van der Waals surface area contributed by atoms with Gasteiger partial charge in [-0.05, 0) is 62.1 Å². The molecule has 2 aromatic heterocycles. The van der Waals surface area contributed by atoms with Gasteiger partial charge in [-0.2, -0.15) is 0 Å². The average Bonchev–Trinajstić information content (AvgIpc) is 3.14. The van der Waals surface area contributed by atoms with Crippen LogP contribution in [-0.2, 0) is 0 Å². The van der Waals surface area contributed by atoms with Gasteiger partial charge in [-0.3, -0.25) is 9.78 Å². The van der Waals surface area contributed by atoms with Crippen LogP contribution in [0.25, 0.3) is 0 Å². The van der Waals surface area contributed by atoms with Crippen LogP contribution in [0.1, 0.15) is 36.0 Å². The second kappa shape index (κ2) is 8.34. The van der Waals surface area contributed by atoms with Gasteiger partial charge < -0.3 is 20.1 Å². The lowest BCUT2D eigenvalue weighted by Crippen LogP contribution is -2.32. The number of carbonyl (C=O) groups is 1. The van der Waals surface area contributed by atoms with Crippen molar-refractivity contribution in [1.82, 2.24) is 10.1 Å². The van der Waals surface area contributed by atoms with Crippen LogP contribution in [0.15, 0.2) is 53.2 Å². The molecule has 0 spiro atoms. The first kappa shape index (κ1) is 19.0. The number of benzene rings is 1. The summed E-state index contributed by atoms with van der Waals surface area (Å²) in [4.78, 5) is 19.0. The van der Waals surface area contributed by atoms with E-state index < -0.39 is 0 Å². The van der Waals surface area contributed by atoms with Crippen molar-refractivity contribution in [2.24, 2.45) is 5.92 Å². The van der Waals surface area contributed by atoms with Crippen LogP contribution in [0.2, 0.25) is 0 Å². The van der Waals surface area contributed by atoms with Gasteiger partial charge in [0.05, 0.1) is 0 Å². The predicted molar refractivity (Wildman–Crippen MR) is 114 cm³/mol. The molecule has 3 aromatic rings. The number of amides is 1. The fraction of sp³-hybridized carbons (Fsp3) is 0.318. The van der Waals surface area contributed by atoms with Gasteiger partial charge in [-0.15, -0.1) is 0 Å². The Labute approximate surface area is 170 Å². The van der Waals surface area contributed by atoms with Crippen molar-refractivity contribution < 1.29 is 9.32 Å². The highest BCUT2D eigenvalue weighted by molar-refractivity contribution is 6.02. The molecule has 1 aromatic carbocycles. The highest BCUT2D eigenvalue weighted by atomic mass is 16.5. The van der Waals surface area contributed by atoms with Crippen LogP contribution in [-0.4, -0.2) is 29.1 Å². The van der Waals surface area contributed by atoms with Crippen molar-refractivity contribution in [2.45, 2.75) is 26.7 Å². The van der Waals surface area contributed by atoms with E-state index in [1.54, 1.807) is 25.3 Å². The van der Waals surface area contributed by atoms with Crippen LogP contribution >= 0.6 is 0 Å². The molecule has 29 heavy (non-hydrogen) atoms. The Kier molecular flexibility index (Phi) is 5.46. The summed E-state index contributed by atoms with van der Waals surface area (Å²) in [6.45, 7) is 6.31. The quantitative estimate of drug-likeness (QED) is 0.661. The molecular formula is C22H25N5O2. The van der Waals surface area contributed by atoms with E-state index in [1.165, 1.54) is 18.5 Å². The third-order valence-corrected chi connectivity index (χ3v) is 5.17. The Hall–Kier alpha value is -3.35. The number of piperidine rings is 1. The van der Waals surface area contributed by atoms with Crippen molar-refractivity contribution in [2.75, 3.05) is 28.6 Å². The van der Waals surface area contributed by atoms with Crippen LogP contribution in [0.3, 0.4) is 0 Å². The molecule has 0 atom stereocenters. The number of aryl methyl sites for hydroxylation is 1. The van der Waals surface area contributed by atoms with E-state index in [9.17, 15) is 4.79 Å². The molecular weight excluding hydrogens is 366 g/mol. The third kappa shape index (κ3) is 4.74. The predicted octanol–water partition coefficient (Wildman–Crippen LogP) is 4.61. The summed E-state index contributed by atoms with van der Waals surface area (Å²) >= 11 is 0. The minimum atomic E-state index is -0.336. The van der Waals surface area contributed by atoms with Gasteiger partial charge >= 0.3 is 0 Å². The topological polar surface area (TPSA) is 83.3 Å². The van der Waals surface area contributed by atoms with E-state index in [1.807, 2.05) is 6.07 Å². The van der Waals surface area contributed by atoms with Gasteiger partial charge in [0, 0.05) is 42.4 Å². The summed E-state index contributed by atoms with van der Waals surface area (Å²) in [6, 6.07) is 13.6. The number of nitrogens with one attached hydrogen (secondary N) is 2. The fourth-order valence-corrected chi connectivity index (χ4v) is 3.43. The number of anilines is 4. The fourth-order valence-electron chi connectivity index (χ4n) is 3.43. The molecule has 7 nitrogen and oxygen atoms in total. The van der Waals surface area contributed by atoms with Crippen molar-refractivity contribution in [3.63, 3.8) is 0 Å². The molecule has 0 radical (unpaired) electrons. The van der Waals surface area contributed by atoms with E-state index in [0.717, 1.165) is 30.4 Å². The van der Waals surface area contributed by atoms with E-state index in [4.69, 9.17) is 4.52 Å². The first-order valence-corrected chi connectivity index (χ1v) is 9.89. The largest absolute Gasteiger partial charge is 0.372 e. The minimum absolute atomic E-state index is 0.301. The molecule has 150 valence electrons. The zero-order chi connectivity index (χ0) is 20.2. The molecule has 0 bridgehead atoms. The van der Waals surface area contributed by atoms with E-state index >= 15 is 0 Å². The SMILES string of the molecule is Cc1cc(NC(=O)c2cc(Nc3ccc(N4CCC(C)CC4)cc3)ccn2)no1. The molecule has 2 N–H and O–H groups in total. The molecule has 1 fully saturated rings. The number of rotatable bonds is 5. The monoisotopic (exact) mass is 391 g/mol. The zero-order valence-electron chi connectivity index (χ0n) is 16.7. The van der Waals surface area contributed by atoms with Crippen molar-refractivity contribution >= 4 is 28.8 Å². The summed E-state index contributed by atoms with van der Waals surface area (Å²) in [5, 5.41) is 9.78. The molecule has 3 heterocycles. The molecule has 7 heteroatoms. The van der Waals surface area contributed by atoms with Crippen molar-refractivity contribution in [3.05, 3.63) is 60.1 Å². The van der Waals surface area contributed by atoms with Gasteiger partial charge in [-0.25, -0.2) is 0 Å². The smallest absolute Gasteiger partial charge is 0.275 e. The summed E-state index contributed by atoms with van der Waals surface area (Å²) in [7, 11) is 0. The Morgan fingerprint density at radius 2 is 1.86 bits per heavy atom. The molecule has 1 aliphatic rings. The number of hydrogen-bond donors (Lipinski definition) is 2. The molecule has 0 saturated carbocycles. The average molecular weight is 391 g/mol. The van der Waals surface area contributed by atoms with Gasteiger partial charge in [0.15, 0.2) is 5.82 Å². The summed E-state index contributed by atoms with van der Waals surface area (Å²) < 4.78 is 4.96. The molecule has 1 saturated heterocycles. The second-order valence-corrected chi connectivity index (χ2v) is 7.55. The van der Waals surface area contributed by atoms with Crippen LogP contribution in [0.5, 0.6) is 0 Å². The lowest BCUT2D eigenvalue weighted by Gasteiger charge is -2.32. The minimum Gasteiger partial charge on any atom is -0.372 e. The van der Waals surface area contributed by atoms with Gasteiger partial charge in [0.25, 0.3) is 5.91 Å².